The second-order valence-electron chi connectivity index (χ2n) is 6.26. The van der Waals surface area contributed by atoms with Crippen molar-refractivity contribution in [2.45, 2.75) is 25.4 Å². The van der Waals surface area contributed by atoms with Gasteiger partial charge in [0.25, 0.3) is 5.56 Å². The van der Waals surface area contributed by atoms with E-state index in [0.29, 0.717) is 12.2 Å². The van der Waals surface area contributed by atoms with Crippen LogP contribution in [0.1, 0.15) is 29.2 Å². The van der Waals surface area contributed by atoms with Crippen LogP contribution in [0.25, 0.3) is 0 Å². The number of aryl methyl sites for hydroxylation is 1. The quantitative estimate of drug-likeness (QED) is 0.771. The average molecular weight is 352 g/mol. The number of benzene rings is 2. The van der Waals surface area contributed by atoms with Gasteiger partial charge in [0, 0.05) is 0 Å². The van der Waals surface area contributed by atoms with Crippen molar-refractivity contribution in [3.8, 4) is 0 Å². The fourth-order valence-corrected chi connectivity index (χ4v) is 3.53. The summed E-state index contributed by atoms with van der Waals surface area (Å²) >= 11 is 6.33. The van der Waals surface area contributed by atoms with E-state index >= 15 is 0 Å². The normalized spacial score (nSPS) is 15.8. The van der Waals surface area contributed by atoms with Crippen LogP contribution in [0.3, 0.4) is 0 Å². The van der Waals surface area contributed by atoms with Crippen LogP contribution in [0.4, 0.5) is 5.69 Å². The third kappa shape index (κ3) is 3.17. The number of halogens is 1. The lowest BCUT2D eigenvalue weighted by Crippen LogP contribution is -2.25. The summed E-state index contributed by atoms with van der Waals surface area (Å²) in [5.41, 5.74) is 3.95. The van der Waals surface area contributed by atoms with E-state index in [-0.39, 0.29) is 16.6 Å². The van der Waals surface area contributed by atoms with Gasteiger partial charge in [-0.25, -0.2) is 4.68 Å². The molecular formula is C20H18ClN3O. The molecule has 0 amide bonds. The lowest BCUT2D eigenvalue weighted by Gasteiger charge is -2.17. The minimum Gasteiger partial charge on any atom is -0.376 e. The maximum absolute atomic E-state index is 12.5. The van der Waals surface area contributed by atoms with Crippen LogP contribution in [0.2, 0.25) is 5.02 Å². The molecule has 1 aliphatic rings. The Hall–Kier alpha value is -2.59. The number of hydrogen-bond donors (Lipinski definition) is 1. The van der Waals surface area contributed by atoms with E-state index in [1.54, 1.807) is 6.20 Å². The molecule has 0 fully saturated rings. The van der Waals surface area contributed by atoms with Crippen molar-refractivity contribution in [1.82, 2.24) is 9.78 Å². The SMILES string of the molecule is O=c1c(Cl)c(NC2CCc3ccccc32)cnn1Cc1ccccc1. The van der Waals surface area contributed by atoms with E-state index < -0.39 is 0 Å². The first-order chi connectivity index (χ1) is 12.2. The Kier molecular flexibility index (Phi) is 4.28. The van der Waals surface area contributed by atoms with Gasteiger partial charge in [0.1, 0.15) is 5.02 Å². The van der Waals surface area contributed by atoms with Gasteiger partial charge in [-0.15, -0.1) is 0 Å². The number of rotatable bonds is 4. The van der Waals surface area contributed by atoms with Crippen molar-refractivity contribution >= 4 is 17.3 Å². The van der Waals surface area contributed by atoms with E-state index in [9.17, 15) is 4.79 Å². The van der Waals surface area contributed by atoms with Gasteiger partial charge in [0.2, 0.25) is 0 Å². The Labute approximate surface area is 151 Å². The van der Waals surface area contributed by atoms with E-state index in [0.717, 1.165) is 18.4 Å². The Morgan fingerprint density at radius 3 is 2.72 bits per heavy atom. The third-order valence-electron chi connectivity index (χ3n) is 4.62. The summed E-state index contributed by atoms with van der Waals surface area (Å²) in [5, 5.41) is 7.87. The summed E-state index contributed by atoms with van der Waals surface area (Å²) < 4.78 is 1.39. The van der Waals surface area contributed by atoms with E-state index in [4.69, 9.17) is 11.6 Å². The smallest absolute Gasteiger partial charge is 0.287 e. The van der Waals surface area contributed by atoms with Gasteiger partial charge in [0.15, 0.2) is 0 Å². The molecule has 25 heavy (non-hydrogen) atoms. The maximum atomic E-state index is 12.5. The number of hydrogen-bond acceptors (Lipinski definition) is 3. The molecule has 2 aromatic carbocycles. The fourth-order valence-electron chi connectivity index (χ4n) is 3.33. The molecule has 0 bridgehead atoms. The first-order valence-corrected chi connectivity index (χ1v) is 8.74. The predicted molar refractivity (Wildman–Crippen MR) is 100 cm³/mol. The second kappa shape index (κ2) is 6.73. The summed E-state index contributed by atoms with van der Waals surface area (Å²) in [4.78, 5) is 12.5. The Bertz CT molecular complexity index is 953. The molecule has 4 nitrogen and oxygen atoms in total. The number of aromatic nitrogens is 2. The number of nitrogens with zero attached hydrogens (tertiary/aromatic N) is 2. The van der Waals surface area contributed by atoms with Crippen molar-refractivity contribution in [3.63, 3.8) is 0 Å². The molecule has 1 aliphatic carbocycles. The molecule has 1 unspecified atom stereocenters. The average Bonchev–Trinajstić information content (AvgIpc) is 3.05. The maximum Gasteiger partial charge on any atom is 0.287 e. The molecular weight excluding hydrogens is 334 g/mol. The molecule has 0 saturated carbocycles. The largest absolute Gasteiger partial charge is 0.376 e. The molecule has 0 spiro atoms. The zero-order chi connectivity index (χ0) is 17.2. The molecule has 1 aromatic heterocycles. The lowest BCUT2D eigenvalue weighted by molar-refractivity contribution is 0.638. The monoisotopic (exact) mass is 351 g/mol. The van der Waals surface area contributed by atoms with E-state index in [1.165, 1.54) is 15.8 Å². The van der Waals surface area contributed by atoms with Crippen LogP contribution in [0, 0.1) is 0 Å². The number of nitrogens with one attached hydrogen (secondary N) is 1. The molecule has 0 aliphatic heterocycles. The highest BCUT2D eigenvalue weighted by Crippen LogP contribution is 2.34. The van der Waals surface area contributed by atoms with Crippen LogP contribution in [0.15, 0.2) is 65.6 Å². The Balaban J connectivity index is 1.58. The van der Waals surface area contributed by atoms with E-state index in [1.807, 2.05) is 36.4 Å². The van der Waals surface area contributed by atoms with Gasteiger partial charge < -0.3 is 5.32 Å². The van der Waals surface area contributed by atoms with Gasteiger partial charge >= 0.3 is 0 Å². The first kappa shape index (κ1) is 15.9. The molecule has 0 radical (unpaired) electrons. The van der Waals surface area contributed by atoms with Crippen molar-refractivity contribution in [2.75, 3.05) is 5.32 Å². The molecule has 0 saturated heterocycles. The third-order valence-corrected chi connectivity index (χ3v) is 4.99. The van der Waals surface area contributed by atoms with Crippen LogP contribution in [0.5, 0.6) is 0 Å². The zero-order valence-electron chi connectivity index (χ0n) is 13.7. The summed E-state index contributed by atoms with van der Waals surface area (Å²) in [7, 11) is 0. The van der Waals surface area contributed by atoms with E-state index in [2.05, 4.69) is 28.6 Å². The van der Waals surface area contributed by atoms with Crippen LogP contribution < -0.4 is 10.9 Å². The molecule has 3 aromatic rings. The summed E-state index contributed by atoms with van der Waals surface area (Å²) in [6, 6.07) is 18.3. The first-order valence-electron chi connectivity index (χ1n) is 8.36. The van der Waals surface area contributed by atoms with Gasteiger partial charge in [-0.1, -0.05) is 66.2 Å². The summed E-state index contributed by atoms with van der Waals surface area (Å²) in [6.45, 7) is 0.409. The predicted octanol–water partition coefficient (Wildman–Crippen LogP) is 4.04. The molecule has 1 atom stereocenters. The van der Waals surface area contributed by atoms with Crippen molar-refractivity contribution in [2.24, 2.45) is 0 Å². The topological polar surface area (TPSA) is 46.9 Å². The minimum atomic E-state index is -0.276. The highest BCUT2D eigenvalue weighted by Gasteiger charge is 2.23. The van der Waals surface area contributed by atoms with Gasteiger partial charge in [0.05, 0.1) is 24.5 Å². The molecule has 5 heteroatoms. The molecule has 4 rings (SSSR count). The second-order valence-corrected chi connectivity index (χ2v) is 6.63. The fraction of sp³-hybridized carbons (Fsp3) is 0.200. The zero-order valence-corrected chi connectivity index (χ0v) is 14.4. The van der Waals surface area contributed by atoms with Gasteiger partial charge in [-0.2, -0.15) is 5.10 Å². The standard InChI is InChI=1S/C20H18ClN3O/c21-19-18(23-17-11-10-15-8-4-5-9-16(15)17)12-22-24(20(19)25)13-14-6-2-1-3-7-14/h1-9,12,17,23H,10-11,13H2. The molecule has 1 N–H and O–H groups in total. The van der Waals surface area contributed by atoms with Crippen LogP contribution in [-0.2, 0) is 13.0 Å². The number of fused-ring (bicyclic) bond motifs is 1. The van der Waals surface area contributed by atoms with Gasteiger partial charge in [-0.05, 0) is 29.5 Å². The highest BCUT2D eigenvalue weighted by molar-refractivity contribution is 6.32. The van der Waals surface area contributed by atoms with Crippen LogP contribution in [-0.4, -0.2) is 9.78 Å². The number of anilines is 1. The van der Waals surface area contributed by atoms with Crippen molar-refractivity contribution in [1.29, 1.82) is 0 Å². The Morgan fingerprint density at radius 2 is 1.88 bits per heavy atom. The van der Waals surface area contributed by atoms with Crippen molar-refractivity contribution < 1.29 is 0 Å². The minimum absolute atomic E-state index is 0.167. The van der Waals surface area contributed by atoms with Crippen LogP contribution >= 0.6 is 11.6 Å². The highest BCUT2D eigenvalue weighted by atomic mass is 35.5. The van der Waals surface area contributed by atoms with Crippen molar-refractivity contribution in [3.05, 3.63) is 92.9 Å². The molecule has 126 valence electrons. The van der Waals surface area contributed by atoms with Gasteiger partial charge in [-0.3, -0.25) is 4.79 Å². The summed E-state index contributed by atoms with van der Waals surface area (Å²) in [6.07, 6.45) is 3.67. The lowest BCUT2D eigenvalue weighted by atomic mass is 10.1. The summed E-state index contributed by atoms with van der Waals surface area (Å²) in [5.74, 6) is 0. The molecule has 1 heterocycles. The Morgan fingerprint density at radius 1 is 1.12 bits per heavy atom.